The lowest BCUT2D eigenvalue weighted by Crippen LogP contribution is -2.30. The highest BCUT2D eigenvalue weighted by Gasteiger charge is 2.26. The topological polar surface area (TPSA) is 29.9 Å². The zero-order valence-electron chi connectivity index (χ0n) is 12.1. The molecule has 0 radical (unpaired) electrons. The molecule has 0 amide bonds. The predicted molar refractivity (Wildman–Crippen MR) is 83.0 cm³/mol. The van der Waals surface area contributed by atoms with Crippen molar-refractivity contribution in [3.63, 3.8) is 0 Å². The Bertz CT molecular complexity index is 532. The van der Waals surface area contributed by atoms with Gasteiger partial charge in [-0.05, 0) is 25.3 Å². The molecule has 0 bridgehead atoms. The third kappa shape index (κ3) is 2.87. The lowest BCUT2D eigenvalue weighted by molar-refractivity contribution is 0.405. The highest BCUT2D eigenvalue weighted by molar-refractivity contribution is 5.41. The summed E-state index contributed by atoms with van der Waals surface area (Å²) < 4.78 is 1.97. The van der Waals surface area contributed by atoms with Gasteiger partial charge in [-0.1, -0.05) is 43.2 Å². The Morgan fingerprint density at radius 2 is 2.00 bits per heavy atom. The van der Waals surface area contributed by atoms with Crippen LogP contribution in [0.15, 0.2) is 42.7 Å². The quantitative estimate of drug-likeness (QED) is 0.907. The number of anilines is 1. The Labute approximate surface area is 121 Å². The summed E-state index contributed by atoms with van der Waals surface area (Å²) >= 11 is 0. The minimum atomic E-state index is 0.528. The second kappa shape index (κ2) is 6.12. The molecule has 1 aliphatic carbocycles. The maximum Gasteiger partial charge on any atom is 0.0728 e. The Kier molecular flexibility index (Phi) is 4.05. The van der Waals surface area contributed by atoms with Crippen LogP contribution in [0.2, 0.25) is 0 Å². The average Bonchev–Trinajstić information content (AvgIpc) is 2.96. The first kappa shape index (κ1) is 13.2. The van der Waals surface area contributed by atoms with E-state index in [1.54, 1.807) is 0 Å². The molecule has 3 nitrogen and oxygen atoms in total. The largest absolute Gasteiger partial charge is 0.379 e. The Morgan fingerprint density at radius 1 is 1.20 bits per heavy atom. The summed E-state index contributed by atoms with van der Waals surface area (Å²) in [5.74, 6) is 0.620. The van der Waals surface area contributed by atoms with Crippen LogP contribution in [0.5, 0.6) is 0 Å². The summed E-state index contributed by atoms with van der Waals surface area (Å²) in [6.07, 6.45) is 9.24. The first-order chi connectivity index (χ1) is 9.86. The third-order valence-corrected chi connectivity index (χ3v) is 4.30. The van der Waals surface area contributed by atoms with Gasteiger partial charge in [0.25, 0.3) is 0 Å². The van der Waals surface area contributed by atoms with Gasteiger partial charge in [0.1, 0.15) is 0 Å². The molecule has 3 heteroatoms. The van der Waals surface area contributed by atoms with Crippen LogP contribution in [0, 0.1) is 0 Å². The predicted octanol–water partition coefficient (Wildman–Crippen LogP) is 4.04. The number of hydrogen-bond acceptors (Lipinski definition) is 2. The van der Waals surface area contributed by atoms with E-state index in [1.165, 1.54) is 31.2 Å². The summed E-state index contributed by atoms with van der Waals surface area (Å²) in [6.45, 7) is 3.04. The molecule has 2 atom stereocenters. The first-order valence-electron chi connectivity index (χ1n) is 7.70. The molecule has 0 aliphatic heterocycles. The minimum Gasteiger partial charge on any atom is -0.379 e. The second-order valence-corrected chi connectivity index (χ2v) is 5.64. The van der Waals surface area contributed by atoms with E-state index in [2.05, 4.69) is 53.9 Å². The van der Waals surface area contributed by atoms with Gasteiger partial charge in [-0.2, -0.15) is 5.10 Å². The number of rotatable bonds is 4. The maximum atomic E-state index is 4.35. The molecule has 1 aromatic carbocycles. The van der Waals surface area contributed by atoms with Crippen molar-refractivity contribution in [2.75, 3.05) is 5.32 Å². The molecule has 1 aliphatic rings. The SMILES string of the molecule is CCn1cc(NC2CCCCC2c2ccccc2)cn1. The molecular formula is C17H23N3. The van der Waals surface area contributed by atoms with Crippen molar-refractivity contribution in [1.29, 1.82) is 0 Å². The van der Waals surface area contributed by atoms with Crippen LogP contribution in [0.1, 0.15) is 44.1 Å². The van der Waals surface area contributed by atoms with Gasteiger partial charge in [-0.15, -0.1) is 0 Å². The van der Waals surface area contributed by atoms with E-state index in [1.807, 2.05) is 10.9 Å². The Hall–Kier alpha value is -1.77. The maximum absolute atomic E-state index is 4.35. The summed E-state index contributed by atoms with van der Waals surface area (Å²) in [4.78, 5) is 0. The van der Waals surface area contributed by atoms with Crippen molar-refractivity contribution in [2.24, 2.45) is 0 Å². The van der Waals surface area contributed by atoms with E-state index in [0.717, 1.165) is 12.2 Å². The van der Waals surface area contributed by atoms with Gasteiger partial charge < -0.3 is 5.32 Å². The molecular weight excluding hydrogens is 246 g/mol. The first-order valence-corrected chi connectivity index (χ1v) is 7.70. The normalized spacial score (nSPS) is 22.6. The zero-order valence-corrected chi connectivity index (χ0v) is 12.1. The summed E-state index contributed by atoms with van der Waals surface area (Å²) in [7, 11) is 0. The molecule has 20 heavy (non-hydrogen) atoms. The summed E-state index contributed by atoms with van der Waals surface area (Å²) in [5, 5.41) is 8.05. The Morgan fingerprint density at radius 3 is 2.75 bits per heavy atom. The van der Waals surface area contributed by atoms with Gasteiger partial charge in [0.2, 0.25) is 0 Å². The van der Waals surface area contributed by atoms with Crippen LogP contribution >= 0.6 is 0 Å². The molecule has 1 fully saturated rings. The van der Waals surface area contributed by atoms with Crippen molar-refractivity contribution in [3.05, 3.63) is 48.3 Å². The molecule has 2 aromatic rings. The average molecular weight is 269 g/mol. The van der Waals surface area contributed by atoms with E-state index in [0.29, 0.717) is 12.0 Å². The summed E-state index contributed by atoms with van der Waals surface area (Å²) in [6, 6.07) is 11.5. The van der Waals surface area contributed by atoms with Gasteiger partial charge in [0.05, 0.1) is 11.9 Å². The van der Waals surface area contributed by atoms with Gasteiger partial charge >= 0.3 is 0 Å². The molecule has 1 saturated carbocycles. The van der Waals surface area contributed by atoms with Crippen LogP contribution in [0.4, 0.5) is 5.69 Å². The fourth-order valence-corrected chi connectivity index (χ4v) is 3.23. The van der Waals surface area contributed by atoms with E-state index in [4.69, 9.17) is 0 Å². The van der Waals surface area contributed by atoms with Crippen molar-refractivity contribution < 1.29 is 0 Å². The van der Waals surface area contributed by atoms with Crippen molar-refractivity contribution >= 4 is 5.69 Å². The zero-order chi connectivity index (χ0) is 13.8. The number of nitrogens with one attached hydrogen (secondary N) is 1. The molecule has 3 rings (SSSR count). The van der Waals surface area contributed by atoms with Crippen LogP contribution < -0.4 is 5.32 Å². The standard InChI is InChI=1S/C17H23N3/c1-2-20-13-15(12-18-20)19-17-11-7-6-10-16(17)14-8-4-3-5-9-14/h3-5,8-9,12-13,16-17,19H,2,6-7,10-11H2,1H3. The van der Waals surface area contributed by atoms with Crippen LogP contribution in [0.25, 0.3) is 0 Å². The van der Waals surface area contributed by atoms with Crippen LogP contribution in [-0.2, 0) is 6.54 Å². The minimum absolute atomic E-state index is 0.528. The molecule has 1 N–H and O–H groups in total. The monoisotopic (exact) mass is 269 g/mol. The lowest BCUT2D eigenvalue weighted by Gasteiger charge is -2.33. The third-order valence-electron chi connectivity index (χ3n) is 4.30. The van der Waals surface area contributed by atoms with Gasteiger partial charge in [0, 0.05) is 24.7 Å². The molecule has 106 valence electrons. The number of benzene rings is 1. The number of aromatic nitrogens is 2. The lowest BCUT2D eigenvalue weighted by atomic mass is 9.80. The number of nitrogens with zero attached hydrogens (tertiary/aromatic N) is 2. The fraction of sp³-hybridized carbons (Fsp3) is 0.471. The smallest absolute Gasteiger partial charge is 0.0728 e. The molecule has 1 aromatic heterocycles. The Balaban J connectivity index is 1.75. The van der Waals surface area contributed by atoms with Gasteiger partial charge in [-0.25, -0.2) is 0 Å². The number of hydrogen-bond donors (Lipinski definition) is 1. The van der Waals surface area contributed by atoms with E-state index < -0.39 is 0 Å². The second-order valence-electron chi connectivity index (χ2n) is 5.64. The highest BCUT2D eigenvalue weighted by atomic mass is 15.3. The number of aryl methyl sites for hydroxylation is 1. The van der Waals surface area contributed by atoms with Crippen molar-refractivity contribution in [1.82, 2.24) is 9.78 Å². The molecule has 2 unspecified atom stereocenters. The van der Waals surface area contributed by atoms with E-state index in [9.17, 15) is 0 Å². The summed E-state index contributed by atoms with van der Waals surface area (Å²) in [5.41, 5.74) is 2.62. The molecule has 1 heterocycles. The van der Waals surface area contributed by atoms with Crippen molar-refractivity contribution in [3.8, 4) is 0 Å². The molecule has 0 saturated heterocycles. The van der Waals surface area contributed by atoms with Crippen LogP contribution in [-0.4, -0.2) is 15.8 Å². The van der Waals surface area contributed by atoms with Crippen LogP contribution in [0.3, 0.4) is 0 Å². The van der Waals surface area contributed by atoms with E-state index >= 15 is 0 Å². The molecule has 0 spiro atoms. The highest BCUT2D eigenvalue weighted by Crippen LogP contribution is 2.34. The van der Waals surface area contributed by atoms with Crippen molar-refractivity contribution in [2.45, 2.75) is 51.1 Å². The van der Waals surface area contributed by atoms with E-state index in [-0.39, 0.29) is 0 Å². The fourth-order valence-electron chi connectivity index (χ4n) is 3.23. The van der Waals surface area contributed by atoms with Gasteiger partial charge in [-0.3, -0.25) is 4.68 Å². The van der Waals surface area contributed by atoms with Gasteiger partial charge in [0.15, 0.2) is 0 Å².